The summed E-state index contributed by atoms with van der Waals surface area (Å²) >= 11 is 0. The van der Waals surface area contributed by atoms with Crippen molar-refractivity contribution in [2.75, 3.05) is 19.7 Å². The van der Waals surface area contributed by atoms with E-state index in [-0.39, 0.29) is 55.9 Å². The minimum Gasteiger partial charge on any atom is -0.464 e. The van der Waals surface area contributed by atoms with Crippen LogP contribution in [0, 0.1) is 5.82 Å². The lowest BCUT2D eigenvalue weighted by Crippen LogP contribution is -2.44. The van der Waals surface area contributed by atoms with Gasteiger partial charge in [0.1, 0.15) is 18.0 Å². The van der Waals surface area contributed by atoms with Crippen LogP contribution in [0.3, 0.4) is 0 Å². The van der Waals surface area contributed by atoms with Gasteiger partial charge in [0, 0.05) is 13.1 Å². The molecule has 3 aromatic carbocycles. The Morgan fingerprint density at radius 3 is 2.33 bits per heavy atom. The van der Waals surface area contributed by atoms with Crippen LogP contribution in [0.5, 0.6) is 0 Å². The molecule has 0 spiro atoms. The SMILES string of the molecule is CCCCN(CC(=O)N(Cc1ccc(F)cc1)Cc1coc2ccccc2c1=O)C(=O)COCc1ccccc1. The number of halogens is 1. The van der Waals surface area contributed by atoms with Crippen molar-refractivity contribution in [3.05, 3.63) is 118 Å². The summed E-state index contributed by atoms with van der Waals surface area (Å²) in [5.41, 5.74) is 2.18. The number of unbranched alkanes of at least 4 members (excludes halogenated alkanes) is 1. The number of carbonyl (C=O) groups is 2. The Labute approximate surface area is 232 Å². The molecule has 0 fully saturated rings. The maximum absolute atomic E-state index is 13.7. The predicted molar refractivity (Wildman–Crippen MR) is 151 cm³/mol. The van der Waals surface area contributed by atoms with Gasteiger partial charge in [-0.1, -0.05) is 67.9 Å². The molecule has 0 aliphatic carbocycles. The maximum Gasteiger partial charge on any atom is 0.249 e. The highest BCUT2D eigenvalue weighted by Gasteiger charge is 2.23. The second kappa shape index (κ2) is 14.2. The standard InChI is InChI=1S/C32H33FN2O5/c1-2-3-17-34(31(37)23-39-21-25-9-5-4-6-10-25)20-30(36)35(18-24-13-15-27(33)16-14-24)19-26-22-40-29-12-8-7-11-28(29)32(26)38/h4-16,22H,2-3,17-21,23H2,1H3. The topological polar surface area (TPSA) is 80.1 Å². The van der Waals surface area contributed by atoms with Crippen LogP contribution >= 0.6 is 0 Å². The van der Waals surface area contributed by atoms with Crippen molar-refractivity contribution in [2.45, 2.75) is 39.5 Å². The van der Waals surface area contributed by atoms with Gasteiger partial charge in [0.25, 0.3) is 0 Å². The summed E-state index contributed by atoms with van der Waals surface area (Å²) in [7, 11) is 0. The normalized spacial score (nSPS) is 10.9. The van der Waals surface area contributed by atoms with Gasteiger partial charge in [0.15, 0.2) is 5.43 Å². The molecule has 0 saturated heterocycles. The average Bonchev–Trinajstić information content (AvgIpc) is 2.97. The number of amides is 2. The van der Waals surface area contributed by atoms with E-state index in [0.717, 1.165) is 18.4 Å². The van der Waals surface area contributed by atoms with Crippen LogP contribution in [0.15, 0.2) is 94.3 Å². The van der Waals surface area contributed by atoms with Gasteiger partial charge in [-0.15, -0.1) is 0 Å². The summed E-state index contributed by atoms with van der Waals surface area (Å²) < 4.78 is 24.8. The molecule has 4 aromatic rings. The van der Waals surface area contributed by atoms with Crippen molar-refractivity contribution in [3.63, 3.8) is 0 Å². The van der Waals surface area contributed by atoms with Gasteiger partial charge in [0.2, 0.25) is 11.8 Å². The monoisotopic (exact) mass is 544 g/mol. The average molecular weight is 545 g/mol. The number of benzene rings is 3. The van der Waals surface area contributed by atoms with E-state index >= 15 is 0 Å². The molecule has 0 saturated carbocycles. The first-order valence-corrected chi connectivity index (χ1v) is 13.4. The number of nitrogens with zero attached hydrogens (tertiary/aromatic N) is 2. The molecule has 0 radical (unpaired) electrons. The van der Waals surface area contributed by atoms with E-state index in [2.05, 4.69) is 0 Å². The molecule has 2 amide bonds. The van der Waals surface area contributed by atoms with Crippen LogP contribution in [0.1, 0.15) is 36.5 Å². The highest BCUT2D eigenvalue weighted by molar-refractivity contribution is 5.85. The lowest BCUT2D eigenvalue weighted by Gasteiger charge is -2.28. The molecule has 208 valence electrons. The summed E-state index contributed by atoms with van der Waals surface area (Å²) in [6.07, 6.45) is 2.94. The zero-order valence-corrected chi connectivity index (χ0v) is 22.6. The van der Waals surface area contributed by atoms with E-state index in [4.69, 9.17) is 9.15 Å². The fraction of sp³-hybridized carbons (Fsp3) is 0.281. The number of hydrogen-bond acceptors (Lipinski definition) is 5. The fourth-order valence-electron chi connectivity index (χ4n) is 4.30. The molecule has 0 unspecified atom stereocenters. The number of fused-ring (bicyclic) bond motifs is 1. The lowest BCUT2D eigenvalue weighted by atomic mass is 10.1. The largest absolute Gasteiger partial charge is 0.464 e. The summed E-state index contributed by atoms with van der Waals surface area (Å²) in [6.45, 7) is 2.48. The van der Waals surface area contributed by atoms with Crippen LogP contribution in [0.4, 0.5) is 4.39 Å². The van der Waals surface area contributed by atoms with Crippen molar-refractivity contribution in [3.8, 4) is 0 Å². The first-order valence-electron chi connectivity index (χ1n) is 13.4. The van der Waals surface area contributed by atoms with Gasteiger partial charge < -0.3 is 19.0 Å². The Bertz CT molecular complexity index is 1470. The molecular weight excluding hydrogens is 511 g/mol. The van der Waals surface area contributed by atoms with Gasteiger partial charge >= 0.3 is 0 Å². The molecule has 0 aliphatic rings. The molecule has 0 aliphatic heterocycles. The first kappa shape index (κ1) is 28.7. The predicted octanol–water partition coefficient (Wildman–Crippen LogP) is 5.31. The quantitative estimate of drug-likeness (QED) is 0.228. The zero-order chi connectivity index (χ0) is 28.3. The zero-order valence-electron chi connectivity index (χ0n) is 22.6. The molecule has 1 heterocycles. The highest BCUT2D eigenvalue weighted by atomic mass is 19.1. The van der Waals surface area contributed by atoms with E-state index in [9.17, 15) is 18.8 Å². The Hall–Kier alpha value is -4.30. The molecule has 8 heteroatoms. The summed E-state index contributed by atoms with van der Waals surface area (Å²) in [4.78, 5) is 42.9. The van der Waals surface area contributed by atoms with E-state index in [1.165, 1.54) is 28.2 Å². The van der Waals surface area contributed by atoms with Gasteiger partial charge in [-0.3, -0.25) is 14.4 Å². The van der Waals surface area contributed by atoms with E-state index in [1.54, 1.807) is 36.4 Å². The van der Waals surface area contributed by atoms with Crippen molar-refractivity contribution in [1.29, 1.82) is 0 Å². The second-order valence-corrected chi connectivity index (χ2v) is 9.61. The number of hydrogen-bond donors (Lipinski definition) is 0. The summed E-state index contributed by atoms with van der Waals surface area (Å²) in [5, 5.41) is 0.421. The highest BCUT2D eigenvalue weighted by Crippen LogP contribution is 2.15. The molecule has 0 atom stereocenters. The minimum atomic E-state index is -0.386. The molecule has 40 heavy (non-hydrogen) atoms. The molecule has 7 nitrogen and oxygen atoms in total. The van der Waals surface area contributed by atoms with Crippen molar-refractivity contribution < 1.29 is 23.1 Å². The van der Waals surface area contributed by atoms with E-state index in [0.29, 0.717) is 28.6 Å². The van der Waals surface area contributed by atoms with Crippen LogP contribution < -0.4 is 5.43 Å². The Balaban J connectivity index is 1.51. The lowest BCUT2D eigenvalue weighted by molar-refractivity contribution is -0.144. The Kier molecular flexibility index (Phi) is 10.2. The van der Waals surface area contributed by atoms with E-state index < -0.39 is 0 Å². The van der Waals surface area contributed by atoms with Crippen LogP contribution in [0.2, 0.25) is 0 Å². The number of rotatable bonds is 13. The number of ether oxygens (including phenoxy) is 1. The molecule has 0 N–H and O–H groups in total. The molecule has 1 aromatic heterocycles. The van der Waals surface area contributed by atoms with Gasteiger partial charge in [-0.05, 0) is 41.8 Å². The van der Waals surface area contributed by atoms with Gasteiger partial charge in [-0.25, -0.2) is 4.39 Å². The van der Waals surface area contributed by atoms with Gasteiger partial charge in [0.05, 0.1) is 36.9 Å². The third-order valence-corrected chi connectivity index (χ3v) is 6.55. The first-order chi connectivity index (χ1) is 19.4. The molecular formula is C32H33FN2O5. The van der Waals surface area contributed by atoms with Crippen LogP contribution in [-0.2, 0) is 34.0 Å². The second-order valence-electron chi connectivity index (χ2n) is 9.61. The van der Waals surface area contributed by atoms with E-state index in [1.807, 2.05) is 37.3 Å². The minimum absolute atomic E-state index is 0.0241. The van der Waals surface area contributed by atoms with Crippen molar-refractivity contribution in [2.24, 2.45) is 0 Å². The van der Waals surface area contributed by atoms with Crippen molar-refractivity contribution in [1.82, 2.24) is 9.80 Å². The number of carbonyl (C=O) groups excluding carboxylic acids is 2. The third-order valence-electron chi connectivity index (χ3n) is 6.55. The smallest absolute Gasteiger partial charge is 0.249 e. The fourth-order valence-corrected chi connectivity index (χ4v) is 4.30. The molecule has 4 rings (SSSR count). The third kappa shape index (κ3) is 7.86. The van der Waals surface area contributed by atoms with Crippen molar-refractivity contribution >= 4 is 22.8 Å². The van der Waals surface area contributed by atoms with Crippen LogP contribution in [-0.4, -0.2) is 41.3 Å². The van der Waals surface area contributed by atoms with Crippen LogP contribution in [0.25, 0.3) is 11.0 Å². The van der Waals surface area contributed by atoms with Gasteiger partial charge in [-0.2, -0.15) is 0 Å². The molecule has 0 bridgehead atoms. The summed E-state index contributed by atoms with van der Waals surface area (Å²) in [6, 6.07) is 22.3. The number of para-hydroxylation sites is 1. The Morgan fingerprint density at radius 2 is 1.57 bits per heavy atom. The Morgan fingerprint density at radius 1 is 0.850 bits per heavy atom. The summed E-state index contributed by atoms with van der Waals surface area (Å²) in [5.74, 6) is -1.02. The maximum atomic E-state index is 13.7.